The van der Waals surface area contributed by atoms with Crippen molar-refractivity contribution >= 4 is 16.5 Å². The molecule has 0 saturated carbocycles. The summed E-state index contributed by atoms with van der Waals surface area (Å²) in [5.74, 6) is 0.878. The van der Waals surface area contributed by atoms with E-state index in [4.69, 9.17) is 4.74 Å². The fraction of sp³-hybridized carbons (Fsp3) is 0.391. The number of hydrogen-bond donors (Lipinski definition) is 1. The van der Waals surface area contributed by atoms with Crippen LogP contribution in [0.1, 0.15) is 5.69 Å². The maximum absolute atomic E-state index is 12.7. The van der Waals surface area contributed by atoms with Gasteiger partial charge in [-0.3, -0.25) is 9.69 Å². The third-order valence-electron chi connectivity index (χ3n) is 5.70. The highest BCUT2D eigenvalue weighted by molar-refractivity contribution is 5.83. The highest BCUT2D eigenvalue weighted by atomic mass is 16.5. The number of aliphatic hydroxyl groups is 1. The van der Waals surface area contributed by atoms with E-state index in [1.165, 1.54) is 4.68 Å². The van der Waals surface area contributed by atoms with Gasteiger partial charge in [-0.15, -0.1) is 0 Å². The van der Waals surface area contributed by atoms with Gasteiger partial charge in [0.05, 0.1) is 36.5 Å². The van der Waals surface area contributed by atoms with Crippen molar-refractivity contribution < 1.29 is 9.84 Å². The van der Waals surface area contributed by atoms with Crippen molar-refractivity contribution in [2.45, 2.75) is 19.6 Å². The summed E-state index contributed by atoms with van der Waals surface area (Å²) in [6.45, 7) is 6.00. The lowest BCUT2D eigenvalue weighted by molar-refractivity contribution is 0.0908. The highest BCUT2D eigenvalue weighted by Gasteiger charge is 2.22. The molecule has 30 heavy (non-hydrogen) atoms. The Balaban J connectivity index is 1.38. The van der Waals surface area contributed by atoms with Crippen LogP contribution in [0.4, 0.5) is 5.69 Å². The van der Waals surface area contributed by atoms with Crippen LogP contribution >= 0.6 is 0 Å². The molecular weight excluding hydrogens is 380 g/mol. The van der Waals surface area contributed by atoms with E-state index < -0.39 is 6.10 Å². The Labute approximate surface area is 176 Å². The molecule has 1 aliphatic heterocycles. The van der Waals surface area contributed by atoms with E-state index in [0.29, 0.717) is 11.9 Å². The van der Waals surface area contributed by atoms with E-state index in [-0.39, 0.29) is 12.1 Å². The van der Waals surface area contributed by atoms with Crippen molar-refractivity contribution in [3.05, 3.63) is 64.6 Å². The van der Waals surface area contributed by atoms with Gasteiger partial charge in [0, 0.05) is 38.1 Å². The normalized spacial score (nSPS) is 16.0. The molecule has 7 heteroatoms. The fourth-order valence-corrected chi connectivity index (χ4v) is 4.15. The molecule has 4 rings (SSSR count). The first-order valence-corrected chi connectivity index (χ1v) is 10.3. The minimum absolute atomic E-state index is 0.156. The molecule has 0 radical (unpaired) electrons. The van der Waals surface area contributed by atoms with E-state index in [9.17, 15) is 9.90 Å². The second kappa shape index (κ2) is 8.85. The topological polar surface area (TPSA) is 70.8 Å². The number of anilines is 1. The number of fused-ring (bicyclic) bond motifs is 1. The summed E-state index contributed by atoms with van der Waals surface area (Å²) >= 11 is 0. The van der Waals surface area contributed by atoms with Crippen molar-refractivity contribution in [3.63, 3.8) is 0 Å². The number of aromatic nitrogens is 2. The van der Waals surface area contributed by atoms with Crippen LogP contribution in [-0.2, 0) is 6.54 Å². The molecule has 0 aliphatic carbocycles. The maximum Gasteiger partial charge on any atom is 0.274 e. The largest absolute Gasteiger partial charge is 0.495 e. The standard InChI is InChI=1S/C23H28N4O3/c1-17-19-7-3-4-8-20(19)23(29)27(24-17)16-18(28)15-25-11-13-26(14-12-25)21-9-5-6-10-22(21)30-2/h3-10,18,28H,11-16H2,1-2H3. The molecule has 0 amide bonds. The molecule has 1 atom stereocenters. The second-order valence-electron chi connectivity index (χ2n) is 7.73. The Kier molecular flexibility index (Phi) is 6.01. The average Bonchev–Trinajstić information content (AvgIpc) is 2.78. The Bertz CT molecular complexity index is 1070. The SMILES string of the molecule is COc1ccccc1N1CCN(CC(O)Cn2nc(C)c3ccccc3c2=O)CC1. The van der Waals surface area contributed by atoms with Crippen LogP contribution in [0.3, 0.4) is 0 Å². The van der Waals surface area contributed by atoms with Gasteiger partial charge in [-0.1, -0.05) is 30.3 Å². The van der Waals surface area contributed by atoms with E-state index in [2.05, 4.69) is 21.0 Å². The second-order valence-corrected chi connectivity index (χ2v) is 7.73. The van der Waals surface area contributed by atoms with Crippen LogP contribution in [0.15, 0.2) is 53.3 Å². The molecule has 3 aromatic rings. The number of ether oxygens (including phenoxy) is 1. The quantitative estimate of drug-likeness (QED) is 0.672. The van der Waals surface area contributed by atoms with Gasteiger partial charge in [-0.25, -0.2) is 4.68 Å². The number of piperazine rings is 1. The summed E-state index contributed by atoms with van der Waals surface area (Å²) in [6, 6.07) is 15.5. The minimum Gasteiger partial charge on any atom is -0.495 e. The number of benzene rings is 2. The molecular formula is C23H28N4O3. The van der Waals surface area contributed by atoms with Gasteiger partial charge in [0.15, 0.2) is 0 Å². The Morgan fingerprint density at radius 3 is 2.40 bits per heavy atom. The third-order valence-corrected chi connectivity index (χ3v) is 5.70. The molecule has 0 bridgehead atoms. The first kappa shape index (κ1) is 20.4. The van der Waals surface area contributed by atoms with E-state index in [0.717, 1.165) is 48.7 Å². The third kappa shape index (κ3) is 4.17. The van der Waals surface area contributed by atoms with Crippen molar-refractivity contribution in [1.29, 1.82) is 0 Å². The van der Waals surface area contributed by atoms with Gasteiger partial charge in [-0.05, 0) is 25.1 Å². The first-order valence-electron chi connectivity index (χ1n) is 10.3. The van der Waals surface area contributed by atoms with Gasteiger partial charge in [-0.2, -0.15) is 5.10 Å². The summed E-state index contributed by atoms with van der Waals surface area (Å²) in [7, 11) is 1.69. The minimum atomic E-state index is -0.659. The molecule has 2 heterocycles. The van der Waals surface area contributed by atoms with Gasteiger partial charge in [0.1, 0.15) is 5.75 Å². The predicted molar refractivity (Wildman–Crippen MR) is 118 cm³/mol. The van der Waals surface area contributed by atoms with Crippen molar-refractivity contribution in [2.75, 3.05) is 44.7 Å². The summed E-state index contributed by atoms with van der Waals surface area (Å²) in [5, 5.41) is 16.5. The smallest absolute Gasteiger partial charge is 0.274 e. The fourth-order valence-electron chi connectivity index (χ4n) is 4.15. The average molecular weight is 409 g/mol. The number of rotatable bonds is 6. The maximum atomic E-state index is 12.7. The number of aliphatic hydroxyl groups excluding tert-OH is 1. The molecule has 1 saturated heterocycles. The van der Waals surface area contributed by atoms with E-state index >= 15 is 0 Å². The zero-order valence-corrected chi connectivity index (χ0v) is 17.5. The van der Waals surface area contributed by atoms with Gasteiger partial charge in [0.2, 0.25) is 0 Å². The monoisotopic (exact) mass is 408 g/mol. The molecule has 1 fully saturated rings. The lowest BCUT2D eigenvalue weighted by atomic mass is 10.1. The molecule has 158 valence electrons. The van der Waals surface area contributed by atoms with Gasteiger partial charge >= 0.3 is 0 Å². The summed E-state index contributed by atoms with van der Waals surface area (Å²) in [4.78, 5) is 17.3. The Morgan fingerprint density at radius 2 is 1.67 bits per heavy atom. The zero-order valence-electron chi connectivity index (χ0n) is 17.5. The number of hydrogen-bond acceptors (Lipinski definition) is 6. The van der Waals surface area contributed by atoms with Crippen LogP contribution in [0.5, 0.6) is 5.75 Å². The molecule has 1 unspecified atom stereocenters. The van der Waals surface area contributed by atoms with Crippen LogP contribution in [-0.4, -0.2) is 65.7 Å². The number of nitrogens with zero attached hydrogens (tertiary/aromatic N) is 4. The highest BCUT2D eigenvalue weighted by Crippen LogP contribution is 2.28. The molecule has 7 nitrogen and oxygen atoms in total. The Hall–Kier alpha value is -2.90. The lowest BCUT2D eigenvalue weighted by Gasteiger charge is -2.37. The van der Waals surface area contributed by atoms with Crippen LogP contribution in [0, 0.1) is 6.92 Å². The van der Waals surface area contributed by atoms with Gasteiger partial charge < -0.3 is 14.7 Å². The molecule has 1 N–H and O–H groups in total. The summed E-state index contributed by atoms with van der Waals surface area (Å²) in [6.07, 6.45) is -0.659. The van der Waals surface area contributed by atoms with E-state index in [1.807, 2.05) is 49.4 Å². The molecule has 0 spiro atoms. The van der Waals surface area contributed by atoms with Crippen molar-refractivity contribution in [1.82, 2.24) is 14.7 Å². The van der Waals surface area contributed by atoms with Gasteiger partial charge in [0.25, 0.3) is 5.56 Å². The molecule has 1 aliphatic rings. The van der Waals surface area contributed by atoms with E-state index in [1.54, 1.807) is 7.11 Å². The van der Waals surface area contributed by atoms with Crippen LogP contribution < -0.4 is 15.2 Å². The number of methoxy groups -OCH3 is 1. The molecule has 1 aromatic heterocycles. The first-order chi connectivity index (χ1) is 14.6. The predicted octanol–water partition coefficient (Wildman–Crippen LogP) is 1.90. The Morgan fingerprint density at radius 1 is 1.00 bits per heavy atom. The lowest BCUT2D eigenvalue weighted by Crippen LogP contribution is -2.49. The summed E-state index contributed by atoms with van der Waals surface area (Å²) < 4.78 is 6.87. The zero-order chi connectivity index (χ0) is 21.1. The number of para-hydroxylation sites is 2. The van der Waals surface area contributed by atoms with Crippen molar-refractivity contribution in [3.8, 4) is 5.75 Å². The van der Waals surface area contributed by atoms with Crippen LogP contribution in [0.25, 0.3) is 10.8 Å². The number of β-amino-alcohol motifs (C(OH)–C–C–N with tert-alkyl or cyclic N) is 1. The number of aryl methyl sites for hydroxylation is 1. The van der Waals surface area contributed by atoms with Crippen LogP contribution in [0.2, 0.25) is 0 Å². The summed E-state index contributed by atoms with van der Waals surface area (Å²) in [5.41, 5.74) is 1.74. The van der Waals surface area contributed by atoms with Crippen molar-refractivity contribution in [2.24, 2.45) is 0 Å². The molecule has 2 aromatic carbocycles.